The van der Waals surface area contributed by atoms with Gasteiger partial charge in [-0.05, 0) is 37.1 Å². The van der Waals surface area contributed by atoms with E-state index in [9.17, 15) is 14.0 Å². The van der Waals surface area contributed by atoms with Crippen LogP contribution in [0.3, 0.4) is 0 Å². The molecule has 0 atom stereocenters. The average molecular weight is 385 g/mol. The van der Waals surface area contributed by atoms with Crippen molar-refractivity contribution in [1.82, 2.24) is 14.7 Å². The molecule has 0 saturated carbocycles. The molecule has 6 nitrogen and oxygen atoms in total. The van der Waals surface area contributed by atoms with Crippen LogP contribution in [0.25, 0.3) is 11.3 Å². The molecule has 2 saturated heterocycles. The van der Waals surface area contributed by atoms with Crippen molar-refractivity contribution >= 4 is 11.8 Å². The monoisotopic (exact) mass is 385 g/mol. The maximum Gasteiger partial charge on any atom is 0.289 e. The Morgan fingerprint density at radius 2 is 1.61 bits per heavy atom. The molecule has 4 rings (SSSR count). The third-order valence-electron chi connectivity index (χ3n) is 5.43. The summed E-state index contributed by atoms with van der Waals surface area (Å²) in [6, 6.07) is 9.54. The maximum absolute atomic E-state index is 13.9. The maximum atomic E-state index is 13.9. The fourth-order valence-electron chi connectivity index (χ4n) is 3.78. The van der Waals surface area contributed by atoms with E-state index in [0.717, 1.165) is 25.9 Å². The van der Waals surface area contributed by atoms with Gasteiger partial charge in [-0.2, -0.15) is 0 Å². The van der Waals surface area contributed by atoms with Crippen LogP contribution in [-0.4, -0.2) is 72.3 Å². The van der Waals surface area contributed by atoms with Crippen LogP contribution in [-0.2, 0) is 4.79 Å². The lowest BCUT2D eigenvalue weighted by Gasteiger charge is -2.34. The van der Waals surface area contributed by atoms with Crippen LogP contribution < -0.4 is 0 Å². The van der Waals surface area contributed by atoms with E-state index in [1.165, 1.54) is 6.07 Å². The summed E-state index contributed by atoms with van der Waals surface area (Å²) in [4.78, 5) is 30.7. The zero-order chi connectivity index (χ0) is 19.5. The summed E-state index contributed by atoms with van der Waals surface area (Å²) >= 11 is 0. The third kappa shape index (κ3) is 3.94. The van der Waals surface area contributed by atoms with Gasteiger partial charge in [0.05, 0.1) is 12.1 Å². The predicted octanol–water partition coefficient (Wildman–Crippen LogP) is 2.47. The van der Waals surface area contributed by atoms with E-state index in [-0.39, 0.29) is 23.4 Å². The molecule has 0 radical (unpaired) electrons. The van der Waals surface area contributed by atoms with E-state index in [1.54, 1.807) is 35.2 Å². The summed E-state index contributed by atoms with van der Waals surface area (Å²) in [6.45, 7) is 4.54. The standard InChI is InChI=1S/C21H24FN3O3/c22-17-6-2-1-5-16(17)18-7-8-19(28-18)21(27)25-13-11-23(12-14-25)15-20(26)24-9-3-4-10-24/h1-2,5-8H,3-4,9-15H2. The van der Waals surface area contributed by atoms with Crippen LogP contribution in [0.15, 0.2) is 40.8 Å². The van der Waals surface area contributed by atoms with Gasteiger partial charge in [0.2, 0.25) is 5.91 Å². The second kappa shape index (κ2) is 8.14. The molecule has 28 heavy (non-hydrogen) atoms. The molecule has 2 amide bonds. The molecule has 2 aliphatic heterocycles. The largest absolute Gasteiger partial charge is 0.451 e. The van der Waals surface area contributed by atoms with Crippen LogP contribution in [0, 0.1) is 5.82 Å². The van der Waals surface area contributed by atoms with E-state index in [4.69, 9.17) is 4.42 Å². The zero-order valence-electron chi connectivity index (χ0n) is 15.8. The van der Waals surface area contributed by atoms with Gasteiger partial charge in [-0.1, -0.05) is 12.1 Å². The number of rotatable bonds is 4. The predicted molar refractivity (Wildman–Crippen MR) is 102 cm³/mol. The number of carbonyl (C=O) groups excluding carboxylic acids is 2. The molecular weight excluding hydrogens is 361 g/mol. The second-order valence-corrected chi connectivity index (χ2v) is 7.30. The van der Waals surface area contributed by atoms with Gasteiger partial charge < -0.3 is 14.2 Å². The van der Waals surface area contributed by atoms with Crippen molar-refractivity contribution in [1.29, 1.82) is 0 Å². The van der Waals surface area contributed by atoms with Crippen LogP contribution >= 0.6 is 0 Å². The minimum absolute atomic E-state index is 0.179. The second-order valence-electron chi connectivity index (χ2n) is 7.30. The van der Waals surface area contributed by atoms with Gasteiger partial charge in [0, 0.05) is 39.3 Å². The molecule has 148 valence electrons. The van der Waals surface area contributed by atoms with Gasteiger partial charge in [0.1, 0.15) is 11.6 Å². The highest BCUT2D eigenvalue weighted by Gasteiger charge is 2.27. The van der Waals surface area contributed by atoms with Crippen LogP contribution in [0.1, 0.15) is 23.4 Å². The Bertz CT molecular complexity index is 852. The summed E-state index contributed by atoms with van der Waals surface area (Å²) in [5, 5.41) is 0. The van der Waals surface area contributed by atoms with Crippen molar-refractivity contribution < 1.29 is 18.4 Å². The highest BCUT2D eigenvalue weighted by Crippen LogP contribution is 2.25. The number of benzene rings is 1. The van der Waals surface area contributed by atoms with Crippen molar-refractivity contribution in [3.63, 3.8) is 0 Å². The molecule has 1 aromatic carbocycles. The quantitative estimate of drug-likeness (QED) is 0.811. The lowest BCUT2D eigenvalue weighted by atomic mass is 10.1. The number of amides is 2. The van der Waals surface area contributed by atoms with Crippen molar-refractivity contribution in [3.8, 4) is 11.3 Å². The summed E-state index contributed by atoms with van der Waals surface area (Å²) in [7, 11) is 0. The molecule has 1 aromatic heterocycles. The Labute approximate surface area is 163 Å². The normalized spacial score (nSPS) is 17.9. The number of nitrogens with zero attached hydrogens (tertiary/aromatic N) is 3. The average Bonchev–Trinajstić information content (AvgIpc) is 3.41. The summed E-state index contributed by atoms with van der Waals surface area (Å²) in [5.41, 5.74) is 0.340. The Morgan fingerprint density at radius 3 is 2.32 bits per heavy atom. The summed E-state index contributed by atoms with van der Waals surface area (Å²) in [5.74, 6) is 0.147. The molecule has 2 aliphatic rings. The van der Waals surface area contributed by atoms with Crippen LogP contribution in [0.4, 0.5) is 4.39 Å². The highest BCUT2D eigenvalue weighted by atomic mass is 19.1. The first kappa shape index (κ1) is 18.7. The molecule has 3 heterocycles. The van der Waals surface area contributed by atoms with E-state index in [1.807, 2.05) is 4.90 Å². The highest BCUT2D eigenvalue weighted by molar-refractivity contribution is 5.92. The number of halogens is 1. The first-order valence-electron chi connectivity index (χ1n) is 9.76. The minimum atomic E-state index is -0.382. The fraction of sp³-hybridized carbons (Fsp3) is 0.429. The number of furan rings is 1. The van der Waals surface area contributed by atoms with Crippen LogP contribution in [0.2, 0.25) is 0 Å². The van der Waals surface area contributed by atoms with E-state index in [2.05, 4.69) is 4.90 Å². The first-order valence-corrected chi connectivity index (χ1v) is 9.76. The minimum Gasteiger partial charge on any atom is -0.451 e. The third-order valence-corrected chi connectivity index (χ3v) is 5.43. The van der Waals surface area contributed by atoms with Gasteiger partial charge in [-0.25, -0.2) is 4.39 Å². The zero-order valence-corrected chi connectivity index (χ0v) is 15.8. The summed E-state index contributed by atoms with van der Waals surface area (Å²) in [6.07, 6.45) is 2.18. The Morgan fingerprint density at radius 1 is 0.893 bits per heavy atom. The lowest BCUT2D eigenvalue weighted by Crippen LogP contribution is -2.51. The number of piperazine rings is 1. The first-order chi connectivity index (χ1) is 13.6. The van der Waals surface area contributed by atoms with E-state index >= 15 is 0 Å². The van der Waals surface area contributed by atoms with Crippen molar-refractivity contribution in [2.45, 2.75) is 12.8 Å². The van der Waals surface area contributed by atoms with Crippen molar-refractivity contribution in [3.05, 3.63) is 48.0 Å². The topological polar surface area (TPSA) is 57.0 Å². The molecule has 0 spiro atoms. The fourth-order valence-corrected chi connectivity index (χ4v) is 3.78. The van der Waals surface area contributed by atoms with Gasteiger partial charge in [-0.3, -0.25) is 14.5 Å². The van der Waals surface area contributed by atoms with Gasteiger partial charge in [0.25, 0.3) is 5.91 Å². The smallest absolute Gasteiger partial charge is 0.289 e. The number of hydrogen-bond donors (Lipinski definition) is 0. The molecule has 0 N–H and O–H groups in total. The lowest BCUT2D eigenvalue weighted by molar-refractivity contribution is -0.131. The Hall–Kier alpha value is -2.67. The van der Waals surface area contributed by atoms with Crippen LogP contribution in [0.5, 0.6) is 0 Å². The molecule has 2 aromatic rings. The molecule has 0 bridgehead atoms. The molecule has 2 fully saturated rings. The van der Waals surface area contributed by atoms with E-state index < -0.39 is 0 Å². The van der Waals surface area contributed by atoms with Crippen molar-refractivity contribution in [2.75, 3.05) is 45.8 Å². The molecule has 7 heteroatoms. The number of hydrogen-bond acceptors (Lipinski definition) is 4. The van der Waals surface area contributed by atoms with Crippen molar-refractivity contribution in [2.24, 2.45) is 0 Å². The van der Waals surface area contributed by atoms with Gasteiger partial charge in [-0.15, -0.1) is 0 Å². The SMILES string of the molecule is O=C(CN1CCN(C(=O)c2ccc(-c3ccccc3F)o2)CC1)N1CCCC1. The number of likely N-dealkylation sites (tertiary alicyclic amines) is 1. The molecule has 0 unspecified atom stereocenters. The summed E-state index contributed by atoms with van der Waals surface area (Å²) < 4.78 is 19.5. The Kier molecular flexibility index (Phi) is 5.43. The van der Waals surface area contributed by atoms with E-state index in [0.29, 0.717) is 44.0 Å². The number of carbonyl (C=O) groups is 2. The Balaban J connectivity index is 1.33. The molecular formula is C21H24FN3O3. The van der Waals surface area contributed by atoms with Gasteiger partial charge >= 0.3 is 0 Å². The van der Waals surface area contributed by atoms with Gasteiger partial charge in [0.15, 0.2) is 5.76 Å². The molecule has 0 aliphatic carbocycles.